The van der Waals surface area contributed by atoms with Crippen LogP contribution in [0.15, 0.2) is 4.99 Å². The van der Waals surface area contributed by atoms with Crippen molar-refractivity contribution in [1.29, 1.82) is 0 Å². The van der Waals surface area contributed by atoms with Gasteiger partial charge in [-0.25, -0.2) is 0 Å². The van der Waals surface area contributed by atoms with Crippen LogP contribution in [0.3, 0.4) is 0 Å². The molecule has 0 unspecified atom stereocenters. The van der Waals surface area contributed by atoms with E-state index in [-0.39, 0.29) is 5.54 Å². The average Bonchev–Trinajstić information content (AvgIpc) is 2.47. The lowest BCUT2D eigenvalue weighted by Gasteiger charge is -2.23. The molecule has 1 aliphatic carbocycles. The molecule has 0 atom stereocenters. The van der Waals surface area contributed by atoms with E-state index in [0.29, 0.717) is 12.5 Å². The lowest BCUT2D eigenvalue weighted by molar-refractivity contribution is 0.0574. The molecule has 1 aliphatic rings. The summed E-state index contributed by atoms with van der Waals surface area (Å²) in [5.41, 5.74) is 5.04. The van der Waals surface area contributed by atoms with E-state index in [0.717, 1.165) is 25.7 Å². The first-order valence-electron chi connectivity index (χ1n) is 5.61. The number of nitrogens with one attached hydrogen (secondary N) is 1. The molecule has 0 amide bonds. The van der Waals surface area contributed by atoms with Crippen LogP contribution in [0.1, 0.15) is 46.5 Å². The van der Waals surface area contributed by atoms with Gasteiger partial charge >= 0.3 is 0 Å². The van der Waals surface area contributed by atoms with E-state index in [1.165, 1.54) is 0 Å². The van der Waals surface area contributed by atoms with E-state index in [2.05, 4.69) is 10.3 Å². The van der Waals surface area contributed by atoms with Gasteiger partial charge in [0, 0.05) is 5.54 Å². The van der Waals surface area contributed by atoms with Gasteiger partial charge in [0.25, 0.3) is 0 Å². The maximum Gasteiger partial charge on any atom is 0.189 e. The Labute approximate surface area is 92.0 Å². The van der Waals surface area contributed by atoms with Crippen LogP contribution >= 0.6 is 0 Å². The van der Waals surface area contributed by atoms with Crippen molar-refractivity contribution in [3.8, 4) is 0 Å². The molecule has 0 heterocycles. The number of hydrogen-bond acceptors (Lipinski definition) is 2. The second-order valence-corrected chi connectivity index (χ2v) is 5.51. The van der Waals surface area contributed by atoms with Gasteiger partial charge in [-0.1, -0.05) is 12.8 Å². The first kappa shape index (κ1) is 12.3. The van der Waals surface area contributed by atoms with Crippen LogP contribution in [0.2, 0.25) is 0 Å². The lowest BCUT2D eigenvalue weighted by atomic mass is 10.0. The van der Waals surface area contributed by atoms with Gasteiger partial charge in [-0.15, -0.1) is 0 Å². The summed E-state index contributed by atoms with van der Waals surface area (Å²) in [6.07, 6.45) is 3.88. The molecule has 0 aromatic rings. The topological polar surface area (TPSA) is 70.6 Å². The third-order valence-electron chi connectivity index (χ3n) is 2.58. The second kappa shape index (κ2) is 4.39. The van der Waals surface area contributed by atoms with Crippen LogP contribution in [-0.4, -0.2) is 28.8 Å². The third kappa shape index (κ3) is 4.51. The molecule has 15 heavy (non-hydrogen) atoms. The monoisotopic (exact) mass is 213 g/mol. The lowest BCUT2D eigenvalue weighted by Crippen LogP contribution is -2.45. The molecular formula is C11H23N3O. The summed E-state index contributed by atoms with van der Waals surface area (Å²) < 4.78 is 0. The molecule has 1 fully saturated rings. The van der Waals surface area contributed by atoms with Crippen molar-refractivity contribution < 1.29 is 5.11 Å². The Kier molecular flexibility index (Phi) is 3.60. The van der Waals surface area contributed by atoms with E-state index in [1.807, 2.05) is 20.8 Å². The van der Waals surface area contributed by atoms with Crippen molar-refractivity contribution >= 4 is 5.96 Å². The normalized spacial score (nSPS) is 21.7. The minimum atomic E-state index is -0.607. The summed E-state index contributed by atoms with van der Waals surface area (Å²) in [6, 6.07) is 0. The summed E-state index contributed by atoms with van der Waals surface area (Å²) in [5.74, 6) is 0.419. The van der Waals surface area contributed by atoms with Gasteiger partial charge in [0.2, 0.25) is 0 Å². The van der Waals surface area contributed by atoms with Crippen molar-refractivity contribution in [2.75, 3.05) is 6.54 Å². The standard InChI is InChI=1S/C11H23N3O/c1-10(2,3)14-9(12)13-8-11(15)6-4-5-7-11/h15H,4-8H2,1-3H3,(H3,12,13,14). The van der Waals surface area contributed by atoms with Gasteiger partial charge in [0.15, 0.2) is 5.96 Å². The Morgan fingerprint density at radius 1 is 1.40 bits per heavy atom. The maximum atomic E-state index is 10.0. The molecule has 1 saturated carbocycles. The van der Waals surface area contributed by atoms with Crippen molar-refractivity contribution in [2.45, 2.75) is 57.6 Å². The zero-order valence-electron chi connectivity index (χ0n) is 10.0. The van der Waals surface area contributed by atoms with Gasteiger partial charge < -0.3 is 16.2 Å². The highest BCUT2D eigenvalue weighted by Crippen LogP contribution is 2.29. The van der Waals surface area contributed by atoms with Crippen LogP contribution in [0.4, 0.5) is 0 Å². The molecule has 0 saturated heterocycles. The van der Waals surface area contributed by atoms with Crippen LogP contribution in [-0.2, 0) is 0 Å². The SMILES string of the molecule is CC(C)(C)NC(N)=NCC1(O)CCCC1. The first-order valence-corrected chi connectivity index (χ1v) is 5.61. The predicted molar refractivity (Wildman–Crippen MR) is 62.8 cm³/mol. The Bertz CT molecular complexity index is 237. The van der Waals surface area contributed by atoms with Crippen LogP contribution < -0.4 is 11.1 Å². The first-order chi connectivity index (χ1) is 6.81. The van der Waals surface area contributed by atoms with E-state index in [1.54, 1.807) is 0 Å². The highest BCUT2D eigenvalue weighted by Gasteiger charge is 2.30. The maximum absolute atomic E-state index is 10.0. The van der Waals surface area contributed by atoms with Crippen molar-refractivity contribution in [1.82, 2.24) is 5.32 Å². The van der Waals surface area contributed by atoms with E-state index in [9.17, 15) is 5.11 Å². The predicted octanol–water partition coefficient (Wildman–Crippen LogP) is 0.994. The summed E-state index contributed by atoms with van der Waals surface area (Å²) in [5, 5.41) is 13.1. The molecule has 1 rings (SSSR count). The van der Waals surface area contributed by atoms with Crippen molar-refractivity contribution in [3.05, 3.63) is 0 Å². The summed E-state index contributed by atoms with van der Waals surface area (Å²) in [7, 11) is 0. The fourth-order valence-corrected chi connectivity index (χ4v) is 1.85. The summed E-state index contributed by atoms with van der Waals surface area (Å²) >= 11 is 0. The molecule has 88 valence electrons. The highest BCUT2D eigenvalue weighted by molar-refractivity contribution is 5.78. The van der Waals surface area contributed by atoms with Crippen molar-refractivity contribution in [2.24, 2.45) is 10.7 Å². The van der Waals surface area contributed by atoms with Gasteiger partial charge in [0.05, 0.1) is 12.1 Å². The Morgan fingerprint density at radius 2 is 1.93 bits per heavy atom. The zero-order chi connectivity index (χ0) is 11.5. The number of aliphatic imine (C=N–C) groups is 1. The Hall–Kier alpha value is -0.770. The molecule has 4 heteroatoms. The minimum absolute atomic E-state index is 0.0775. The van der Waals surface area contributed by atoms with Crippen LogP contribution in [0.5, 0.6) is 0 Å². The number of rotatable bonds is 2. The number of guanidine groups is 1. The van der Waals surface area contributed by atoms with E-state index >= 15 is 0 Å². The van der Waals surface area contributed by atoms with Gasteiger partial charge in [0.1, 0.15) is 0 Å². The van der Waals surface area contributed by atoms with Crippen molar-refractivity contribution in [3.63, 3.8) is 0 Å². The largest absolute Gasteiger partial charge is 0.388 e. The number of nitrogens with two attached hydrogens (primary N) is 1. The molecule has 0 aromatic carbocycles. The molecule has 0 radical (unpaired) electrons. The number of aliphatic hydroxyl groups is 1. The quantitative estimate of drug-likeness (QED) is 0.473. The third-order valence-corrected chi connectivity index (χ3v) is 2.58. The van der Waals surface area contributed by atoms with E-state index in [4.69, 9.17) is 5.73 Å². The van der Waals surface area contributed by atoms with Gasteiger partial charge in [-0.3, -0.25) is 4.99 Å². The fraction of sp³-hybridized carbons (Fsp3) is 0.909. The number of nitrogens with zero attached hydrogens (tertiary/aromatic N) is 1. The minimum Gasteiger partial charge on any atom is -0.388 e. The molecule has 4 nitrogen and oxygen atoms in total. The molecule has 0 spiro atoms. The van der Waals surface area contributed by atoms with Gasteiger partial charge in [-0.05, 0) is 33.6 Å². The highest BCUT2D eigenvalue weighted by atomic mass is 16.3. The molecule has 0 bridgehead atoms. The Morgan fingerprint density at radius 3 is 2.40 bits per heavy atom. The molecule has 0 aliphatic heterocycles. The number of hydrogen-bond donors (Lipinski definition) is 3. The van der Waals surface area contributed by atoms with Crippen LogP contribution in [0.25, 0.3) is 0 Å². The second-order valence-electron chi connectivity index (χ2n) is 5.51. The average molecular weight is 213 g/mol. The smallest absolute Gasteiger partial charge is 0.189 e. The van der Waals surface area contributed by atoms with Gasteiger partial charge in [-0.2, -0.15) is 0 Å². The Balaban J connectivity index is 2.43. The van der Waals surface area contributed by atoms with Crippen LogP contribution in [0, 0.1) is 0 Å². The fourth-order valence-electron chi connectivity index (χ4n) is 1.85. The van der Waals surface area contributed by atoms with E-state index < -0.39 is 5.60 Å². The molecular weight excluding hydrogens is 190 g/mol. The molecule has 0 aromatic heterocycles. The zero-order valence-corrected chi connectivity index (χ0v) is 10.0. The summed E-state index contributed by atoms with van der Waals surface area (Å²) in [4.78, 5) is 4.20. The molecule has 4 N–H and O–H groups in total. The summed E-state index contributed by atoms with van der Waals surface area (Å²) in [6.45, 7) is 6.50.